The predicted molar refractivity (Wildman–Crippen MR) is 122 cm³/mol. The van der Waals surface area contributed by atoms with Gasteiger partial charge < -0.3 is 14.7 Å². The number of rotatable bonds is 8. The van der Waals surface area contributed by atoms with Crippen molar-refractivity contribution in [1.29, 1.82) is 0 Å². The summed E-state index contributed by atoms with van der Waals surface area (Å²) in [6, 6.07) is 18.2. The number of aliphatic hydroxyl groups is 1. The number of hydrogen-bond donors (Lipinski definition) is 1. The Morgan fingerprint density at radius 3 is 2.13 bits per heavy atom. The third-order valence-electron chi connectivity index (χ3n) is 6.16. The molecule has 0 aliphatic carbocycles. The Hall–Kier alpha value is -2.41. The van der Waals surface area contributed by atoms with E-state index in [1.54, 1.807) is 0 Å². The van der Waals surface area contributed by atoms with Gasteiger partial charge in [-0.25, -0.2) is 0 Å². The molecule has 166 valence electrons. The van der Waals surface area contributed by atoms with Crippen molar-refractivity contribution in [3.8, 4) is 16.9 Å². The van der Waals surface area contributed by atoms with Crippen LogP contribution >= 0.6 is 0 Å². The zero-order valence-corrected chi connectivity index (χ0v) is 18.2. The lowest BCUT2D eigenvalue weighted by molar-refractivity contribution is -0.131. The van der Waals surface area contributed by atoms with Crippen molar-refractivity contribution in [2.24, 2.45) is 0 Å². The van der Waals surface area contributed by atoms with Crippen LogP contribution in [0, 0.1) is 0 Å². The van der Waals surface area contributed by atoms with Crippen molar-refractivity contribution in [2.45, 2.75) is 18.9 Å². The molecule has 1 amide bonds. The van der Waals surface area contributed by atoms with E-state index in [2.05, 4.69) is 21.9 Å². The highest BCUT2D eigenvalue weighted by Gasteiger charge is 2.24. The molecule has 2 aliphatic heterocycles. The molecule has 0 spiro atoms. The fourth-order valence-corrected chi connectivity index (χ4v) is 4.31. The SMILES string of the molecule is O=C(CN1CCN(CC(O)COc2ccc(-c3ccccc3)cc2)CC1)N1CCCC1. The summed E-state index contributed by atoms with van der Waals surface area (Å²) in [6.45, 7) is 6.71. The molecule has 6 heteroatoms. The lowest BCUT2D eigenvalue weighted by Crippen LogP contribution is -2.51. The molecule has 0 aromatic heterocycles. The Bertz CT molecular complexity index is 814. The Kier molecular flexibility index (Phi) is 7.57. The van der Waals surface area contributed by atoms with Crippen LogP contribution in [0.25, 0.3) is 11.1 Å². The fourth-order valence-electron chi connectivity index (χ4n) is 4.31. The molecule has 2 aliphatic rings. The molecule has 6 nitrogen and oxygen atoms in total. The highest BCUT2D eigenvalue weighted by molar-refractivity contribution is 5.78. The van der Waals surface area contributed by atoms with Gasteiger partial charge in [0.2, 0.25) is 5.91 Å². The molecular formula is C25H33N3O3. The maximum Gasteiger partial charge on any atom is 0.236 e. The van der Waals surface area contributed by atoms with Gasteiger partial charge in [-0.2, -0.15) is 0 Å². The van der Waals surface area contributed by atoms with Crippen LogP contribution < -0.4 is 4.74 Å². The summed E-state index contributed by atoms with van der Waals surface area (Å²) in [7, 11) is 0. The van der Waals surface area contributed by atoms with Gasteiger partial charge in [0.1, 0.15) is 18.5 Å². The van der Waals surface area contributed by atoms with Crippen molar-refractivity contribution < 1.29 is 14.6 Å². The van der Waals surface area contributed by atoms with E-state index in [1.165, 1.54) is 5.56 Å². The van der Waals surface area contributed by atoms with E-state index < -0.39 is 6.10 Å². The number of carbonyl (C=O) groups excluding carboxylic acids is 1. The van der Waals surface area contributed by atoms with E-state index in [0.29, 0.717) is 13.1 Å². The standard InChI is InChI=1S/C25H33N3O3/c29-23(20-31-24-10-8-22(9-11-24)21-6-2-1-3-7-21)18-26-14-16-27(17-15-26)19-25(30)28-12-4-5-13-28/h1-3,6-11,23,29H,4-5,12-20H2. The number of aliphatic hydroxyl groups excluding tert-OH is 1. The first-order chi connectivity index (χ1) is 15.2. The Balaban J connectivity index is 1.15. The largest absolute Gasteiger partial charge is 0.491 e. The molecule has 31 heavy (non-hydrogen) atoms. The van der Waals surface area contributed by atoms with Crippen LogP contribution in [0.1, 0.15) is 12.8 Å². The summed E-state index contributed by atoms with van der Waals surface area (Å²) in [4.78, 5) is 18.8. The number of nitrogens with zero attached hydrogens (tertiary/aromatic N) is 3. The monoisotopic (exact) mass is 423 g/mol. The Morgan fingerprint density at radius 2 is 1.45 bits per heavy atom. The predicted octanol–water partition coefficient (Wildman–Crippen LogP) is 2.33. The third-order valence-corrected chi connectivity index (χ3v) is 6.16. The van der Waals surface area contributed by atoms with E-state index in [9.17, 15) is 9.90 Å². The zero-order valence-electron chi connectivity index (χ0n) is 18.2. The molecule has 1 unspecified atom stereocenters. The molecule has 0 bridgehead atoms. The first kappa shape index (κ1) is 21.8. The highest BCUT2D eigenvalue weighted by Crippen LogP contribution is 2.22. The number of ether oxygens (including phenoxy) is 1. The van der Waals surface area contributed by atoms with Crippen LogP contribution in [0.3, 0.4) is 0 Å². The van der Waals surface area contributed by atoms with Crippen LogP contribution in [0.15, 0.2) is 54.6 Å². The van der Waals surface area contributed by atoms with Gasteiger partial charge >= 0.3 is 0 Å². The highest BCUT2D eigenvalue weighted by atomic mass is 16.5. The lowest BCUT2D eigenvalue weighted by Gasteiger charge is -2.35. The van der Waals surface area contributed by atoms with E-state index in [4.69, 9.17) is 4.74 Å². The summed E-state index contributed by atoms with van der Waals surface area (Å²) in [5.41, 5.74) is 2.32. The second kappa shape index (κ2) is 10.8. The zero-order chi connectivity index (χ0) is 21.5. The summed E-state index contributed by atoms with van der Waals surface area (Å²) < 4.78 is 5.79. The van der Waals surface area contributed by atoms with Crippen molar-refractivity contribution in [2.75, 3.05) is 59.0 Å². The first-order valence-electron chi connectivity index (χ1n) is 11.4. The number of benzene rings is 2. The van der Waals surface area contributed by atoms with Crippen molar-refractivity contribution in [3.05, 3.63) is 54.6 Å². The normalized spacial score (nSPS) is 18.8. The van der Waals surface area contributed by atoms with Gasteiger partial charge in [-0.15, -0.1) is 0 Å². The molecule has 1 atom stereocenters. The molecule has 0 saturated carbocycles. The number of piperazine rings is 1. The van der Waals surface area contributed by atoms with Crippen LogP contribution in [0.2, 0.25) is 0 Å². The topological polar surface area (TPSA) is 56.3 Å². The van der Waals surface area contributed by atoms with Gasteiger partial charge in [0.05, 0.1) is 6.54 Å². The number of carbonyl (C=O) groups is 1. The number of β-amino-alcohol motifs (C(OH)–C–C–N with tert-alkyl or cyclic N) is 1. The fraction of sp³-hybridized carbons (Fsp3) is 0.480. The van der Waals surface area contributed by atoms with Crippen LogP contribution in [-0.2, 0) is 4.79 Å². The Labute approximate surface area is 185 Å². The third kappa shape index (κ3) is 6.29. The molecule has 2 saturated heterocycles. The summed E-state index contributed by atoms with van der Waals surface area (Å²) >= 11 is 0. The van der Waals surface area contributed by atoms with Crippen LogP contribution in [0.4, 0.5) is 0 Å². The van der Waals surface area contributed by atoms with E-state index in [1.807, 2.05) is 47.4 Å². The van der Waals surface area contributed by atoms with Crippen molar-refractivity contribution in [1.82, 2.24) is 14.7 Å². The summed E-state index contributed by atoms with van der Waals surface area (Å²) in [5.74, 6) is 1.03. The molecule has 0 radical (unpaired) electrons. The summed E-state index contributed by atoms with van der Waals surface area (Å²) in [6.07, 6.45) is 1.74. The number of hydrogen-bond acceptors (Lipinski definition) is 5. The Morgan fingerprint density at radius 1 is 0.839 bits per heavy atom. The van der Waals surface area contributed by atoms with Gasteiger partial charge in [-0.3, -0.25) is 14.6 Å². The molecule has 4 rings (SSSR count). The van der Waals surface area contributed by atoms with E-state index in [0.717, 1.165) is 63.4 Å². The van der Waals surface area contributed by atoms with Gasteiger partial charge in [0.15, 0.2) is 0 Å². The number of likely N-dealkylation sites (tertiary alicyclic amines) is 1. The smallest absolute Gasteiger partial charge is 0.236 e. The van der Waals surface area contributed by atoms with Crippen molar-refractivity contribution >= 4 is 5.91 Å². The average molecular weight is 424 g/mol. The maximum absolute atomic E-state index is 12.3. The molecule has 2 aromatic rings. The van der Waals surface area contributed by atoms with Crippen molar-refractivity contribution in [3.63, 3.8) is 0 Å². The minimum absolute atomic E-state index is 0.262. The van der Waals surface area contributed by atoms with Crippen LogP contribution in [0.5, 0.6) is 5.75 Å². The number of amides is 1. The lowest BCUT2D eigenvalue weighted by atomic mass is 10.1. The quantitative estimate of drug-likeness (QED) is 0.706. The first-order valence-corrected chi connectivity index (χ1v) is 11.4. The molecule has 2 aromatic carbocycles. The van der Waals surface area contributed by atoms with E-state index in [-0.39, 0.29) is 12.5 Å². The minimum atomic E-state index is -0.536. The summed E-state index contributed by atoms with van der Waals surface area (Å²) in [5, 5.41) is 10.4. The minimum Gasteiger partial charge on any atom is -0.491 e. The van der Waals surface area contributed by atoms with Gasteiger partial charge in [0, 0.05) is 45.8 Å². The van der Waals surface area contributed by atoms with E-state index >= 15 is 0 Å². The average Bonchev–Trinajstić information content (AvgIpc) is 3.35. The molecule has 2 heterocycles. The second-order valence-corrected chi connectivity index (χ2v) is 8.52. The molecule has 2 fully saturated rings. The van der Waals surface area contributed by atoms with Crippen LogP contribution in [-0.4, -0.2) is 90.8 Å². The van der Waals surface area contributed by atoms with Gasteiger partial charge in [-0.1, -0.05) is 42.5 Å². The maximum atomic E-state index is 12.3. The van der Waals surface area contributed by atoms with Gasteiger partial charge in [-0.05, 0) is 36.1 Å². The van der Waals surface area contributed by atoms with Gasteiger partial charge in [0.25, 0.3) is 0 Å². The molecule has 1 N–H and O–H groups in total. The second-order valence-electron chi connectivity index (χ2n) is 8.52. The molecular weight excluding hydrogens is 390 g/mol.